The molecule has 0 unspecified atom stereocenters. The molecule has 9 heteroatoms. The van der Waals surface area contributed by atoms with E-state index in [2.05, 4.69) is 15.4 Å². The number of benzene rings is 1. The minimum atomic E-state index is -4.58. The monoisotopic (exact) mass is 389 g/mol. The number of hydrogen-bond acceptors (Lipinski definition) is 3. The average molecular weight is 389 g/mol. The van der Waals surface area contributed by atoms with Crippen molar-refractivity contribution in [1.29, 1.82) is 0 Å². The van der Waals surface area contributed by atoms with E-state index in [1.165, 1.54) is 10.9 Å². The summed E-state index contributed by atoms with van der Waals surface area (Å²) in [5.74, 6) is -0.272. The predicted molar refractivity (Wildman–Crippen MR) is 95.7 cm³/mol. The summed E-state index contributed by atoms with van der Waals surface area (Å²) >= 11 is 0. The molecule has 0 saturated heterocycles. The molecule has 1 aliphatic rings. The molecule has 28 heavy (non-hydrogen) atoms. The number of imidazole rings is 1. The Hall–Kier alpha value is -3.10. The third-order valence-electron chi connectivity index (χ3n) is 4.78. The quantitative estimate of drug-likeness (QED) is 0.746. The first-order valence-corrected chi connectivity index (χ1v) is 8.91. The van der Waals surface area contributed by atoms with Gasteiger partial charge in [0, 0.05) is 49.4 Å². The number of fused-ring (bicyclic) bond motifs is 1. The minimum Gasteiger partial charge on any atom is -0.352 e. The van der Waals surface area contributed by atoms with Gasteiger partial charge in [0.15, 0.2) is 5.69 Å². The molecule has 1 aromatic carbocycles. The number of carbonyl (C=O) groups is 1. The van der Waals surface area contributed by atoms with E-state index in [9.17, 15) is 18.0 Å². The standard InChI is InChI=1S/C19H18F3N5O/c1-2-27-10-16(17(25-27)19(20,21)22)14-7-12(9-26-6-5-23-11-26)8-15-13(14)3-4-24-18(15)28/h5-8,10-11H,2-4,9H2,1H3,(H,24,28). The maximum Gasteiger partial charge on any atom is 0.435 e. The lowest BCUT2D eigenvalue weighted by Gasteiger charge is -2.22. The van der Waals surface area contributed by atoms with Gasteiger partial charge in [-0.15, -0.1) is 0 Å². The van der Waals surface area contributed by atoms with E-state index in [-0.39, 0.29) is 11.5 Å². The maximum atomic E-state index is 13.6. The molecule has 0 aliphatic carbocycles. The van der Waals surface area contributed by atoms with E-state index in [4.69, 9.17) is 0 Å². The molecule has 0 atom stereocenters. The SMILES string of the molecule is CCn1cc(-c2cc(Cn3ccnc3)cc3c2CCNC3=O)c(C(F)(F)F)n1. The van der Waals surface area contributed by atoms with Gasteiger partial charge in [0.05, 0.1) is 6.33 Å². The molecule has 1 amide bonds. The number of aromatic nitrogens is 4. The summed E-state index contributed by atoms with van der Waals surface area (Å²) in [4.78, 5) is 16.4. The van der Waals surface area contributed by atoms with Crippen molar-refractivity contribution >= 4 is 5.91 Å². The van der Waals surface area contributed by atoms with Crippen LogP contribution in [0.1, 0.15) is 34.1 Å². The van der Waals surface area contributed by atoms with Crippen LogP contribution in [-0.4, -0.2) is 31.8 Å². The molecule has 1 aliphatic heterocycles. The number of alkyl halides is 3. The number of hydrogen-bond donors (Lipinski definition) is 1. The van der Waals surface area contributed by atoms with Crippen molar-refractivity contribution in [2.45, 2.75) is 32.6 Å². The highest BCUT2D eigenvalue weighted by molar-refractivity contribution is 5.99. The first kappa shape index (κ1) is 18.3. The summed E-state index contributed by atoms with van der Waals surface area (Å²) in [5.41, 5.74) is 1.25. The largest absolute Gasteiger partial charge is 0.435 e. The molecule has 0 fully saturated rings. The van der Waals surface area contributed by atoms with Crippen molar-refractivity contribution in [1.82, 2.24) is 24.6 Å². The lowest BCUT2D eigenvalue weighted by atomic mass is 9.89. The van der Waals surface area contributed by atoms with Crippen LogP contribution in [0.25, 0.3) is 11.1 Å². The lowest BCUT2D eigenvalue weighted by Crippen LogP contribution is -2.32. The zero-order chi connectivity index (χ0) is 19.9. The summed E-state index contributed by atoms with van der Waals surface area (Å²) in [6.07, 6.45) is 2.30. The van der Waals surface area contributed by atoms with E-state index in [0.29, 0.717) is 42.7 Å². The molecular weight excluding hydrogens is 371 g/mol. The summed E-state index contributed by atoms with van der Waals surface area (Å²) < 4.78 is 44.0. The number of halogens is 3. The fourth-order valence-electron chi connectivity index (χ4n) is 3.51. The van der Waals surface area contributed by atoms with E-state index >= 15 is 0 Å². The fraction of sp³-hybridized carbons (Fsp3) is 0.316. The molecule has 3 aromatic rings. The van der Waals surface area contributed by atoms with Crippen LogP contribution in [0.3, 0.4) is 0 Å². The summed E-state index contributed by atoms with van der Waals surface area (Å²) in [7, 11) is 0. The zero-order valence-corrected chi connectivity index (χ0v) is 15.1. The molecule has 6 nitrogen and oxygen atoms in total. The normalized spacial score (nSPS) is 14.1. The zero-order valence-electron chi connectivity index (χ0n) is 15.1. The van der Waals surface area contributed by atoms with E-state index in [0.717, 1.165) is 5.56 Å². The average Bonchev–Trinajstić information content (AvgIpc) is 3.31. The second kappa shape index (κ2) is 6.81. The Morgan fingerprint density at radius 1 is 1.21 bits per heavy atom. The van der Waals surface area contributed by atoms with Crippen molar-refractivity contribution in [3.63, 3.8) is 0 Å². The maximum absolute atomic E-state index is 13.6. The van der Waals surface area contributed by atoms with Gasteiger partial charge in [0.25, 0.3) is 5.91 Å². The topological polar surface area (TPSA) is 64.7 Å². The molecule has 0 saturated carbocycles. The molecule has 1 N–H and O–H groups in total. The Bertz CT molecular complexity index is 1020. The Morgan fingerprint density at radius 2 is 2.00 bits per heavy atom. The first-order valence-electron chi connectivity index (χ1n) is 8.91. The van der Waals surface area contributed by atoms with Gasteiger partial charge in [-0.1, -0.05) is 0 Å². The van der Waals surface area contributed by atoms with Crippen LogP contribution in [-0.2, 0) is 25.7 Å². The van der Waals surface area contributed by atoms with Crippen LogP contribution >= 0.6 is 0 Å². The first-order chi connectivity index (χ1) is 13.4. The van der Waals surface area contributed by atoms with Gasteiger partial charge in [-0.3, -0.25) is 9.48 Å². The van der Waals surface area contributed by atoms with Crippen LogP contribution in [0.15, 0.2) is 37.1 Å². The second-order valence-electron chi connectivity index (χ2n) is 6.66. The van der Waals surface area contributed by atoms with Crippen molar-refractivity contribution in [2.24, 2.45) is 0 Å². The number of carbonyl (C=O) groups excluding carboxylic acids is 1. The molecule has 0 bridgehead atoms. The number of amides is 1. The molecule has 0 radical (unpaired) electrons. The van der Waals surface area contributed by atoms with Gasteiger partial charge in [-0.05, 0) is 42.2 Å². The molecular formula is C19H18F3N5O. The highest BCUT2D eigenvalue weighted by Crippen LogP contribution is 2.39. The second-order valence-corrected chi connectivity index (χ2v) is 6.66. The van der Waals surface area contributed by atoms with Crippen molar-refractivity contribution < 1.29 is 18.0 Å². The predicted octanol–water partition coefficient (Wildman–Crippen LogP) is 3.12. The molecule has 146 valence electrons. The van der Waals surface area contributed by atoms with E-state index in [1.54, 1.807) is 42.3 Å². The summed E-state index contributed by atoms with van der Waals surface area (Å²) in [6, 6.07) is 3.47. The van der Waals surface area contributed by atoms with Crippen LogP contribution in [0.4, 0.5) is 13.2 Å². The number of nitrogens with one attached hydrogen (secondary N) is 1. The highest BCUT2D eigenvalue weighted by Gasteiger charge is 2.38. The fourth-order valence-corrected chi connectivity index (χ4v) is 3.51. The number of aryl methyl sites for hydroxylation is 1. The smallest absolute Gasteiger partial charge is 0.352 e. The van der Waals surface area contributed by atoms with Crippen LogP contribution in [0, 0.1) is 0 Å². The number of rotatable bonds is 4. The van der Waals surface area contributed by atoms with E-state index in [1.807, 2.05) is 0 Å². The van der Waals surface area contributed by atoms with Crippen molar-refractivity contribution in [2.75, 3.05) is 6.54 Å². The van der Waals surface area contributed by atoms with Gasteiger partial charge in [0.1, 0.15) is 0 Å². The Morgan fingerprint density at radius 3 is 2.68 bits per heavy atom. The van der Waals surface area contributed by atoms with Gasteiger partial charge >= 0.3 is 6.18 Å². The third-order valence-corrected chi connectivity index (χ3v) is 4.78. The Balaban J connectivity index is 1.92. The summed E-state index contributed by atoms with van der Waals surface area (Å²) in [5, 5.41) is 6.49. The Labute approximate surface area is 159 Å². The van der Waals surface area contributed by atoms with E-state index < -0.39 is 11.9 Å². The van der Waals surface area contributed by atoms with Crippen LogP contribution < -0.4 is 5.32 Å². The molecule has 0 spiro atoms. The van der Waals surface area contributed by atoms with Gasteiger partial charge < -0.3 is 9.88 Å². The van der Waals surface area contributed by atoms with Crippen LogP contribution in [0.5, 0.6) is 0 Å². The van der Waals surface area contributed by atoms with Crippen molar-refractivity contribution in [3.05, 3.63) is 59.4 Å². The lowest BCUT2D eigenvalue weighted by molar-refractivity contribution is -0.141. The minimum absolute atomic E-state index is 0.00720. The van der Waals surface area contributed by atoms with Gasteiger partial charge in [-0.2, -0.15) is 18.3 Å². The summed E-state index contributed by atoms with van der Waals surface area (Å²) in [6.45, 7) is 2.84. The Kier molecular flexibility index (Phi) is 4.44. The highest BCUT2D eigenvalue weighted by atomic mass is 19.4. The van der Waals surface area contributed by atoms with Crippen molar-refractivity contribution in [3.8, 4) is 11.1 Å². The molecule has 2 aromatic heterocycles. The molecule has 3 heterocycles. The third kappa shape index (κ3) is 3.28. The van der Waals surface area contributed by atoms with Crippen LogP contribution in [0.2, 0.25) is 0 Å². The molecule has 4 rings (SSSR count). The van der Waals surface area contributed by atoms with Gasteiger partial charge in [0.2, 0.25) is 0 Å². The number of nitrogens with zero attached hydrogens (tertiary/aromatic N) is 4. The van der Waals surface area contributed by atoms with Gasteiger partial charge in [-0.25, -0.2) is 4.98 Å².